The van der Waals surface area contributed by atoms with Crippen LogP contribution in [0.4, 0.5) is 0 Å². The van der Waals surface area contributed by atoms with Gasteiger partial charge >= 0.3 is 0 Å². The van der Waals surface area contributed by atoms with Crippen molar-refractivity contribution in [1.82, 2.24) is 0 Å². The minimum Gasteiger partial charge on any atom is -0.497 e. The van der Waals surface area contributed by atoms with Crippen molar-refractivity contribution in [2.24, 2.45) is 0 Å². The summed E-state index contributed by atoms with van der Waals surface area (Å²) < 4.78 is 35.7. The van der Waals surface area contributed by atoms with Crippen molar-refractivity contribution in [3.8, 4) is 17.6 Å². The number of benzene rings is 2. The fraction of sp³-hybridized carbons (Fsp3) is 0.167. The lowest BCUT2D eigenvalue weighted by molar-refractivity contribution is 0.402. The lowest BCUT2D eigenvalue weighted by atomic mass is 10.1. The van der Waals surface area contributed by atoms with Gasteiger partial charge in [0.1, 0.15) is 22.5 Å². The van der Waals surface area contributed by atoms with Crippen LogP contribution in [0.25, 0.3) is 6.08 Å². The van der Waals surface area contributed by atoms with E-state index in [4.69, 9.17) is 32.7 Å². The fourth-order valence-corrected chi connectivity index (χ4v) is 4.02. The van der Waals surface area contributed by atoms with E-state index in [9.17, 15) is 13.7 Å². The van der Waals surface area contributed by atoms with Gasteiger partial charge in [-0.3, -0.25) is 0 Å². The van der Waals surface area contributed by atoms with Crippen molar-refractivity contribution in [1.29, 1.82) is 5.26 Å². The van der Waals surface area contributed by atoms with Gasteiger partial charge in [0, 0.05) is 15.6 Å². The normalized spacial score (nSPS) is 11.7. The molecule has 0 heterocycles. The smallest absolute Gasteiger partial charge is 0.192 e. The van der Waals surface area contributed by atoms with Gasteiger partial charge in [-0.25, -0.2) is 8.42 Å². The quantitative estimate of drug-likeness (QED) is 0.654. The van der Waals surface area contributed by atoms with Gasteiger partial charge in [-0.2, -0.15) is 5.26 Å². The molecule has 26 heavy (non-hydrogen) atoms. The van der Waals surface area contributed by atoms with Crippen LogP contribution in [0, 0.1) is 11.3 Å². The maximum absolute atomic E-state index is 12.7. The average molecular weight is 412 g/mol. The second-order valence-corrected chi connectivity index (χ2v) is 8.02. The van der Waals surface area contributed by atoms with Crippen LogP contribution in [0.3, 0.4) is 0 Å². The molecule has 5 nitrogen and oxygen atoms in total. The first-order chi connectivity index (χ1) is 12.3. The summed E-state index contributed by atoms with van der Waals surface area (Å²) >= 11 is 11.9. The molecule has 0 fully saturated rings. The summed E-state index contributed by atoms with van der Waals surface area (Å²) in [4.78, 5) is -0.407. The van der Waals surface area contributed by atoms with Crippen LogP contribution in [0.2, 0.25) is 10.0 Å². The zero-order valence-electron chi connectivity index (χ0n) is 14.0. The Hall–Kier alpha value is -2.20. The van der Waals surface area contributed by atoms with Gasteiger partial charge < -0.3 is 9.47 Å². The van der Waals surface area contributed by atoms with Gasteiger partial charge in [-0.15, -0.1) is 0 Å². The predicted molar refractivity (Wildman–Crippen MR) is 102 cm³/mol. The average Bonchev–Trinajstić information content (AvgIpc) is 2.61. The van der Waals surface area contributed by atoms with Gasteiger partial charge in [-0.1, -0.05) is 29.3 Å². The maximum atomic E-state index is 12.7. The zero-order chi connectivity index (χ0) is 19.3. The molecule has 2 rings (SSSR count). The van der Waals surface area contributed by atoms with Crippen molar-refractivity contribution in [2.75, 3.05) is 14.2 Å². The van der Waals surface area contributed by atoms with E-state index in [1.54, 1.807) is 30.3 Å². The predicted octanol–water partition coefficient (Wildman–Crippen LogP) is 4.49. The molecule has 0 unspecified atom stereocenters. The molecule has 0 amide bonds. The van der Waals surface area contributed by atoms with Crippen molar-refractivity contribution >= 4 is 39.1 Å². The second kappa shape index (κ2) is 8.45. The summed E-state index contributed by atoms with van der Waals surface area (Å²) in [5.74, 6) is 0.500. The molecule has 2 aromatic rings. The van der Waals surface area contributed by atoms with Crippen LogP contribution in [-0.4, -0.2) is 22.6 Å². The Morgan fingerprint density at radius 3 is 2.46 bits per heavy atom. The highest BCUT2D eigenvalue weighted by molar-refractivity contribution is 7.95. The van der Waals surface area contributed by atoms with Gasteiger partial charge in [0.15, 0.2) is 9.84 Å². The molecule has 0 bridgehead atoms. The van der Waals surface area contributed by atoms with Gasteiger partial charge in [0.05, 0.1) is 20.0 Å². The van der Waals surface area contributed by atoms with E-state index >= 15 is 0 Å². The number of hydrogen-bond donors (Lipinski definition) is 0. The first-order valence-corrected chi connectivity index (χ1v) is 9.72. The third-order valence-corrected chi connectivity index (χ3v) is 5.69. The second-order valence-electron chi connectivity index (χ2n) is 5.22. The van der Waals surface area contributed by atoms with Gasteiger partial charge in [-0.05, 0) is 42.0 Å². The maximum Gasteiger partial charge on any atom is 0.192 e. The third-order valence-electron chi connectivity index (χ3n) is 3.53. The van der Waals surface area contributed by atoms with E-state index in [1.807, 2.05) is 0 Å². The Labute approximate surface area is 162 Å². The summed E-state index contributed by atoms with van der Waals surface area (Å²) in [6.07, 6.45) is 1.25. The topological polar surface area (TPSA) is 76.4 Å². The Morgan fingerprint density at radius 2 is 1.88 bits per heavy atom. The Balaban J connectivity index is 2.46. The molecule has 0 aliphatic carbocycles. The van der Waals surface area contributed by atoms with E-state index in [0.29, 0.717) is 27.6 Å². The lowest BCUT2D eigenvalue weighted by Gasteiger charge is -2.09. The van der Waals surface area contributed by atoms with Crippen LogP contribution >= 0.6 is 23.2 Å². The molecule has 0 aromatic heterocycles. The largest absolute Gasteiger partial charge is 0.497 e. The molecule has 0 saturated carbocycles. The molecule has 0 saturated heterocycles. The molecule has 0 radical (unpaired) electrons. The number of allylic oxidation sites excluding steroid dienone is 1. The number of halogens is 2. The summed E-state index contributed by atoms with van der Waals surface area (Å²) in [5, 5.41) is 10.00. The van der Waals surface area contributed by atoms with Crippen LogP contribution in [0.5, 0.6) is 11.5 Å². The van der Waals surface area contributed by atoms with E-state index in [0.717, 1.165) is 0 Å². The summed E-state index contributed by atoms with van der Waals surface area (Å²) in [6, 6.07) is 11.1. The molecular weight excluding hydrogens is 397 g/mol. The first kappa shape index (κ1) is 20.1. The highest BCUT2D eigenvalue weighted by atomic mass is 35.5. The van der Waals surface area contributed by atoms with E-state index in [1.165, 1.54) is 32.4 Å². The molecule has 2 aromatic carbocycles. The van der Waals surface area contributed by atoms with E-state index < -0.39 is 20.5 Å². The molecule has 0 aliphatic rings. The van der Waals surface area contributed by atoms with Crippen molar-refractivity contribution in [2.45, 2.75) is 5.75 Å². The standard InChI is InChI=1S/C18H15Cl2NO4S/c1-24-15-5-6-18(25-2)13(7-15)8-16(10-21)26(22,23)11-12-3-4-14(19)9-17(12)20/h3-9H,11H2,1-2H3/b16-8+. The highest BCUT2D eigenvalue weighted by Crippen LogP contribution is 2.29. The number of nitriles is 1. The van der Waals surface area contributed by atoms with Crippen LogP contribution in [0.15, 0.2) is 41.3 Å². The number of methoxy groups -OCH3 is 2. The molecule has 0 spiro atoms. The van der Waals surface area contributed by atoms with Crippen molar-refractivity contribution < 1.29 is 17.9 Å². The molecule has 0 aliphatic heterocycles. The van der Waals surface area contributed by atoms with Crippen molar-refractivity contribution in [3.63, 3.8) is 0 Å². The minimum absolute atomic E-state index is 0.220. The van der Waals surface area contributed by atoms with Crippen molar-refractivity contribution in [3.05, 3.63) is 62.5 Å². The first-order valence-electron chi connectivity index (χ1n) is 7.31. The van der Waals surface area contributed by atoms with Crippen LogP contribution in [-0.2, 0) is 15.6 Å². The number of hydrogen-bond acceptors (Lipinski definition) is 5. The number of nitrogens with zero attached hydrogens (tertiary/aromatic N) is 1. The van der Waals surface area contributed by atoms with Crippen LogP contribution < -0.4 is 9.47 Å². The van der Waals surface area contributed by atoms with Gasteiger partial charge in [0.2, 0.25) is 0 Å². The molecule has 8 heteroatoms. The molecular formula is C18H15Cl2NO4S. The number of rotatable bonds is 6. The number of ether oxygens (including phenoxy) is 2. The highest BCUT2D eigenvalue weighted by Gasteiger charge is 2.21. The summed E-state index contributed by atoms with van der Waals surface area (Å²) in [5.41, 5.74) is 0.768. The van der Waals surface area contributed by atoms with E-state index in [2.05, 4.69) is 0 Å². The van der Waals surface area contributed by atoms with Crippen LogP contribution in [0.1, 0.15) is 11.1 Å². The van der Waals surface area contributed by atoms with E-state index in [-0.39, 0.29) is 5.02 Å². The fourth-order valence-electron chi connectivity index (χ4n) is 2.21. The third kappa shape index (κ3) is 4.70. The molecule has 0 atom stereocenters. The summed E-state index contributed by atoms with van der Waals surface area (Å²) in [6.45, 7) is 0. The van der Waals surface area contributed by atoms with Gasteiger partial charge in [0.25, 0.3) is 0 Å². The Morgan fingerprint density at radius 1 is 1.15 bits per heavy atom. The molecule has 136 valence electrons. The Kier molecular flexibility index (Phi) is 6.54. The number of sulfone groups is 1. The zero-order valence-corrected chi connectivity index (χ0v) is 16.3. The lowest BCUT2D eigenvalue weighted by Crippen LogP contribution is -2.07. The SMILES string of the molecule is COc1ccc(OC)c(/C=C(\C#N)S(=O)(=O)Cc2ccc(Cl)cc2Cl)c1. The minimum atomic E-state index is -3.93. The summed E-state index contributed by atoms with van der Waals surface area (Å²) in [7, 11) is -0.990. The molecule has 0 N–H and O–H groups in total. The monoisotopic (exact) mass is 411 g/mol. The Bertz CT molecular complexity index is 995.